The van der Waals surface area contributed by atoms with Gasteiger partial charge in [0.25, 0.3) is 0 Å². The second-order valence-corrected chi connectivity index (χ2v) is 5.96. The molecule has 0 aliphatic carbocycles. The van der Waals surface area contributed by atoms with E-state index in [1.54, 1.807) is 6.92 Å². The molecule has 1 aliphatic heterocycles. The normalized spacial score (nSPS) is 15.9. The van der Waals surface area contributed by atoms with Crippen molar-refractivity contribution < 1.29 is 9.59 Å². The van der Waals surface area contributed by atoms with Crippen LogP contribution in [0.15, 0.2) is 28.7 Å². The number of carbonyl (C=O) groups is 2. The maximum atomic E-state index is 12.3. The zero-order chi connectivity index (χ0) is 14.5. The summed E-state index contributed by atoms with van der Waals surface area (Å²) in [6.07, 6.45) is 1.28. The van der Waals surface area contributed by atoms with Crippen LogP contribution >= 0.6 is 15.9 Å². The molecule has 0 spiro atoms. The second kappa shape index (κ2) is 6.88. The predicted molar refractivity (Wildman–Crippen MR) is 81.3 cm³/mol. The van der Waals surface area contributed by atoms with Crippen molar-refractivity contribution in [3.05, 3.63) is 34.3 Å². The van der Waals surface area contributed by atoms with Gasteiger partial charge in [0.05, 0.1) is 6.42 Å². The summed E-state index contributed by atoms with van der Waals surface area (Å²) in [5, 5.41) is 0. The molecule has 0 saturated carbocycles. The van der Waals surface area contributed by atoms with Crippen LogP contribution in [0.25, 0.3) is 0 Å². The van der Waals surface area contributed by atoms with Crippen LogP contribution in [-0.2, 0) is 16.0 Å². The summed E-state index contributed by atoms with van der Waals surface area (Å²) in [6, 6.07) is 7.81. The Hall–Kier alpha value is -1.36. The Morgan fingerprint density at radius 3 is 2.30 bits per heavy atom. The minimum absolute atomic E-state index is 0.0900. The first-order chi connectivity index (χ1) is 9.56. The number of amides is 2. The average Bonchev–Trinajstić information content (AvgIpc) is 2.67. The number of hydrogen-bond donors (Lipinski definition) is 0. The van der Waals surface area contributed by atoms with Gasteiger partial charge in [-0.15, -0.1) is 0 Å². The van der Waals surface area contributed by atoms with Crippen LogP contribution in [-0.4, -0.2) is 47.8 Å². The Balaban J connectivity index is 1.92. The molecule has 1 heterocycles. The lowest BCUT2D eigenvalue weighted by molar-refractivity contribution is -0.132. The molecule has 2 rings (SSSR count). The molecule has 0 radical (unpaired) electrons. The number of benzene rings is 1. The molecule has 4 nitrogen and oxygen atoms in total. The zero-order valence-electron chi connectivity index (χ0n) is 11.6. The molecule has 1 fully saturated rings. The maximum Gasteiger partial charge on any atom is 0.227 e. The van der Waals surface area contributed by atoms with E-state index in [1.807, 2.05) is 34.1 Å². The van der Waals surface area contributed by atoms with Gasteiger partial charge in [0.2, 0.25) is 11.8 Å². The van der Waals surface area contributed by atoms with Crippen molar-refractivity contribution in [2.45, 2.75) is 19.8 Å². The minimum Gasteiger partial charge on any atom is -0.341 e. The van der Waals surface area contributed by atoms with Crippen LogP contribution in [0, 0.1) is 0 Å². The fourth-order valence-electron chi connectivity index (χ4n) is 2.37. The number of carbonyl (C=O) groups excluding carboxylic acids is 2. The van der Waals surface area contributed by atoms with E-state index in [-0.39, 0.29) is 11.8 Å². The number of nitrogens with zero attached hydrogens (tertiary/aromatic N) is 2. The van der Waals surface area contributed by atoms with Gasteiger partial charge >= 0.3 is 0 Å². The van der Waals surface area contributed by atoms with E-state index in [0.717, 1.165) is 29.5 Å². The Bertz CT molecular complexity index is 487. The average molecular weight is 339 g/mol. The molecule has 1 aliphatic rings. The van der Waals surface area contributed by atoms with Crippen molar-refractivity contribution in [2.75, 3.05) is 26.2 Å². The van der Waals surface area contributed by atoms with Crippen LogP contribution < -0.4 is 0 Å². The van der Waals surface area contributed by atoms with Crippen molar-refractivity contribution in [1.29, 1.82) is 0 Å². The van der Waals surface area contributed by atoms with Crippen LogP contribution in [0.2, 0.25) is 0 Å². The molecule has 0 atom stereocenters. The summed E-state index contributed by atoms with van der Waals surface area (Å²) >= 11 is 3.39. The summed E-state index contributed by atoms with van der Waals surface area (Å²) < 4.78 is 1.01. The maximum absolute atomic E-state index is 12.3. The number of rotatable bonds is 2. The molecular formula is C15H19BrN2O2. The van der Waals surface area contributed by atoms with E-state index in [0.29, 0.717) is 19.5 Å². The van der Waals surface area contributed by atoms with Gasteiger partial charge in [0.15, 0.2) is 0 Å². The molecule has 1 saturated heterocycles. The summed E-state index contributed by atoms with van der Waals surface area (Å²) in [5.74, 6) is 0.227. The highest BCUT2D eigenvalue weighted by Crippen LogP contribution is 2.12. The van der Waals surface area contributed by atoms with Crippen molar-refractivity contribution in [1.82, 2.24) is 9.80 Å². The first-order valence-corrected chi connectivity index (χ1v) is 7.63. The molecule has 2 amide bonds. The van der Waals surface area contributed by atoms with E-state index in [2.05, 4.69) is 15.9 Å². The summed E-state index contributed by atoms with van der Waals surface area (Å²) in [7, 11) is 0. The molecule has 0 N–H and O–H groups in total. The number of hydrogen-bond acceptors (Lipinski definition) is 2. The van der Waals surface area contributed by atoms with Crippen molar-refractivity contribution in [3.63, 3.8) is 0 Å². The largest absolute Gasteiger partial charge is 0.341 e. The lowest BCUT2D eigenvalue weighted by atomic mass is 10.1. The molecule has 1 aromatic carbocycles. The minimum atomic E-state index is 0.0900. The molecular weight excluding hydrogens is 320 g/mol. The topological polar surface area (TPSA) is 40.6 Å². The molecule has 0 bridgehead atoms. The van der Waals surface area contributed by atoms with E-state index < -0.39 is 0 Å². The van der Waals surface area contributed by atoms with Gasteiger partial charge in [-0.1, -0.05) is 28.1 Å². The van der Waals surface area contributed by atoms with Crippen molar-refractivity contribution in [3.8, 4) is 0 Å². The van der Waals surface area contributed by atoms with Gasteiger partial charge < -0.3 is 9.80 Å². The lowest BCUT2D eigenvalue weighted by Crippen LogP contribution is -2.37. The fourth-order valence-corrected chi connectivity index (χ4v) is 2.63. The highest BCUT2D eigenvalue weighted by Gasteiger charge is 2.20. The molecule has 0 aromatic heterocycles. The van der Waals surface area contributed by atoms with Gasteiger partial charge in [-0.25, -0.2) is 0 Å². The Kier molecular flexibility index (Phi) is 5.17. The Morgan fingerprint density at radius 1 is 1.05 bits per heavy atom. The molecule has 108 valence electrons. The molecule has 5 heteroatoms. The molecule has 0 unspecified atom stereocenters. The first kappa shape index (κ1) is 15.0. The quantitative estimate of drug-likeness (QED) is 0.828. The number of halogens is 1. The van der Waals surface area contributed by atoms with Gasteiger partial charge in [-0.3, -0.25) is 9.59 Å². The van der Waals surface area contributed by atoms with E-state index in [9.17, 15) is 9.59 Å². The molecule has 1 aromatic rings. The first-order valence-electron chi connectivity index (χ1n) is 6.84. The van der Waals surface area contributed by atoms with Crippen LogP contribution in [0.4, 0.5) is 0 Å². The van der Waals surface area contributed by atoms with E-state index in [4.69, 9.17) is 0 Å². The Morgan fingerprint density at radius 2 is 1.65 bits per heavy atom. The van der Waals surface area contributed by atoms with Gasteiger partial charge in [-0.05, 0) is 24.1 Å². The predicted octanol–water partition coefficient (Wildman–Crippen LogP) is 2.07. The third-order valence-electron chi connectivity index (χ3n) is 3.56. The summed E-state index contributed by atoms with van der Waals surface area (Å²) in [6.45, 7) is 4.34. The van der Waals surface area contributed by atoms with Crippen LogP contribution in [0.3, 0.4) is 0 Å². The van der Waals surface area contributed by atoms with Crippen molar-refractivity contribution in [2.24, 2.45) is 0 Å². The third kappa shape index (κ3) is 4.07. The smallest absolute Gasteiger partial charge is 0.227 e. The van der Waals surface area contributed by atoms with E-state index in [1.165, 1.54) is 0 Å². The van der Waals surface area contributed by atoms with Gasteiger partial charge in [0.1, 0.15) is 0 Å². The van der Waals surface area contributed by atoms with Crippen LogP contribution in [0.5, 0.6) is 0 Å². The monoisotopic (exact) mass is 338 g/mol. The zero-order valence-corrected chi connectivity index (χ0v) is 13.2. The second-order valence-electron chi connectivity index (χ2n) is 5.04. The van der Waals surface area contributed by atoms with Crippen LogP contribution in [0.1, 0.15) is 18.9 Å². The summed E-state index contributed by atoms with van der Waals surface area (Å²) in [4.78, 5) is 27.3. The standard InChI is InChI=1S/C15H19BrN2O2/c1-12(19)17-7-2-8-18(10-9-17)15(20)11-13-3-5-14(16)6-4-13/h3-6H,2,7-11H2,1H3. The van der Waals surface area contributed by atoms with Gasteiger partial charge in [-0.2, -0.15) is 0 Å². The van der Waals surface area contributed by atoms with E-state index >= 15 is 0 Å². The highest BCUT2D eigenvalue weighted by atomic mass is 79.9. The van der Waals surface area contributed by atoms with Crippen molar-refractivity contribution >= 4 is 27.7 Å². The summed E-state index contributed by atoms with van der Waals surface area (Å²) in [5.41, 5.74) is 1.02. The highest BCUT2D eigenvalue weighted by molar-refractivity contribution is 9.10. The van der Waals surface area contributed by atoms with Gasteiger partial charge in [0, 0.05) is 37.6 Å². The fraction of sp³-hybridized carbons (Fsp3) is 0.467. The lowest BCUT2D eigenvalue weighted by Gasteiger charge is -2.21. The Labute approximate surface area is 127 Å². The molecule has 20 heavy (non-hydrogen) atoms. The third-order valence-corrected chi connectivity index (χ3v) is 4.09. The SMILES string of the molecule is CC(=O)N1CCCN(C(=O)Cc2ccc(Br)cc2)CC1.